The predicted octanol–water partition coefficient (Wildman–Crippen LogP) is 3.23. The molecule has 108 valence electrons. The van der Waals surface area contributed by atoms with Crippen molar-refractivity contribution in [2.24, 2.45) is 0 Å². The molecule has 1 unspecified atom stereocenters. The summed E-state index contributed by atoms with van der Waals surface area (Å²) >= 11 is 1.73. The molecule has 3 nitrogen and oxygen atoms in total. The molecule has 20 heavy (non-hydrogen) atoms. The van der Waals surface area contributed by atoms with Crippen LogP contribution in [0.15, 0.2) is 35.7 Å². The van der Waals surface area contributed by atoms with Crippen LogP contribution in [-0.2, 0) is 17.6 Å². The summed E-state index contributed by atoms with van der Waals surface area (Å²) < 4.78 is 5.37. The van der Waals surface area contributed by atoms with Gasteiger partial charge in [-0.05, 0) is 19.5 Å². The van der Waals surface area contributed by atoms with Gasteiger partial charge in [0.15, 0.2) is 0 Å². The van der Waals surface area contributed by atoms with Crippen molar-refractivity contribution in [3.63, 3.8) is 0 Å². The minimum absolute atomic E-state index is 0.318. The fraction of sp³-hybridized carbons (Fsp3) is 0.438. The SMILES string of the molecule is CCOCCc1nc(CC(NC)c2ccccc2)cs1. The maximum atomic E-state index is 5.37. The number of likely N-dealkylation sites (N-methyl/N-ethyl adjacent to an activating group) is 1. The molecule has 1 aromatic heterocycles. The Balaban J connectivity index is 1.94. The van der Waals surface area contributed by atoms with Gasteiger partial charge in [0.1, 0.15) is 0 Å². The van der Waals surface area contributed by atoms with Gasteiger partial charge in [-0.1, -0.05) is 30.3 Å². The summed E-state index contributed by atoms with van der Waals surface area (Å²) in [7, 11) is 2.00. The number of rotatable bonds is 8. The fourth-order valence-electron chi connectivity index (χ4n) is 2.14. The third-order valence-corrected chi connectivity index (χ3v) is 4.18. The zero-order valence-electron chi connectivity index (χ0n) is 12.1. The molecule has 0 spiro atoms. The van der Waals surface area contributed by atoms with Gasteiger partial charge in [0.2, 0.25) is 0 Å². The molecule has 4 heteroatoms. The first-order valence-electron chi connectivity index (χ1n) is 7.06. The lowest BCUT2D eigenvalue weighted by Crippen LogP contribution is -2.18. The van der Waals surface area contributed by atoms with Gasteiger partial charge >= 0.3 is 0 Å². The number of nitrogens with zero attached hydrogens (tertiary/aromatic N) is 1. The average Bonchev–Trinajstić information content (AvgIpc) is 2.93. The first kappa shape index (κ1) is 15.2. The number of benzene rings is 1. The molecule has 2 rings (SSSR count). The number of ether oxygens (including phenoxy) is 1. The second-order valence-corrected chi connectivity index (χ2v) is 5.58. The summed E-state index contributed by atoms with van der Waals surface area (Å²) in [6.07, 6.45) is 1.83. The smallest absolute Gasteiger partial charge is 0.0951 e. The van der Waals surface area contributed by atoms with Crippen molar-refractivity contribution >= 4 is 11.3 Å². The van der Waals surface area contributed by atoms with Crippen molar-refractivity contribution in [2.75, 3.05) is 20.3 Å². The zero-order chi connectivity index (χ0) is 14.2. The highest BCUT2D eigenvalue weighted by Gasteiger charge is 2.12. The summed E-state index contributed by atoms with van der Waals surface area (Å²) in [5.74, 6) is 0. The Morgan fingerprint density at radius 3 is 2.80 bits per heavy atom. The normalized spacial score (nSPS) is 12.5. The summed E-state index contributed by atoms with van der Waals surface area (Å²) in [5.41, 5.74) is 2.46. The lowest BCUT2D eigenvalue weighted by Gasteiger charge is -2.15. The molecule has 1 N–H and O–H groups in total. The van der Waals surface area contributed by atoms with Crippen LogP contribution in [0.5, 0.6) is 0 Å². The van der Waals surface area contributed by atoms with E-state index in [1.165, 1.54) is 5.56 Å². The van der Waals surface area contributed by atoms with Crippen LogP contribution in [0.25, 0.3) is 0 Å². The molecule has 0 aliphatic heterocycles. The Morgan fingerprint density at radius 2 is 2.10 bits per heavy atom. The number of nitrogens with one attached hydrogen (secondary N) is 1. The third kappa shape index (κ3) is 4.40. The van der Waals surface area contributed by atoms with E-state index in [1.54, 1.807) is 11.3 Å². The maximum absolute atomic E-state index is 5.37. The predicted molar refractivity (Wildman–Crippen MR) is 84.3 cm³/mol. The molecule has 0 fully saturated rings. The van der Waals surface area contributed by atoms with Crippen LogP contribution in [0, 0.1) is 0 Å². The van der Waals surface area contributed by atoms with E-state index in [2.05, 4.69) is 35.0 Å². The van der Waals surface area contributed by atoms with Crippen LogP contribution in [0.3, 0.4) is 0 Å². The molecule has 0 radical (unpaired) electrons. The van der Waals surface area contributed by atoms with Gasteiger partial charge in [0.25, 0.3) is 0 Å². The minimum atomic E-state index is 0.318. The summed E-state index contributed by atoms with van der Waals surface area (Å²) in [5, 5.41) is 6.69. The van der Waals surface area contributed by atoms with E-state index in [0.29, 0.717) is 6.04 Å². The van der Waals surface area contributed by atoms with Crippen molar-refractivity contribution < 1.29 is 4.74 Å². The molecule has 1 heterocycles. The minimum Gasteiger partial charge on any atom is -0.381 e. The van der Waals surface area contributed by atoms with E-state index in [9.17, 15) is 0 Å². The van der Waals surface area contributed by atoms with Gasteiger partial charge in [-0.15, -0.1) is 11.3 Å². The molecule has 0 aliphatic rings. The third-order valence-electron chi connectivity index (χ3n) is 3.23. The number of aromatic nitrogens is 1. The van der Waals surface area contributed by atoms with Crippen LogP contribution < -0.4 is 5.32 Å². The largest absolute Gasteiger partial charge is 0.381 e. The van der Waals surface area contributed by atoms with Crippen molar-refractivity contribution in [3.8, 4) is 0 Å². The van der Waals surface area contributed by atoms with Crippen LogP contribution in [0.2, 0.25) is 0 Å². The number of hydrogen-bond donors (Lipinski definition) is 1. The quantitative estimate of drug-likeness (QED) is 0.758. The summed E-state index contributed by atoms with van der Waals surface area (Å²) in [6.45, 7) is 3.55. The van der Waals surface area contributed by atoms with E-state index in [4.69, 9.17) is 9.72 Å². The number of hydrogen-bond acceptors (Lipinski definition) is 4. The number of thiazole rings is 1. The maximum Gasteiger partial charge on any atom is 0.0951 e. The monoisotopic (exact) mass is 290 g/mol. The Bertz CT molecular complexity index is 498. The van der Waals surface area contributed by atoms with E-state index >= 15 is 0 Å². The van der Waals surface area contributed by atoms with Gasteiger partial charge in [-0.3, -0.25) is 0 Å². The lowest BCUT2D eigenvalue weighted by atomic mass is 10.0. The zero-order valence-corrected chi connectivity index (χ0v) is 13.0. The Kier molecular flexibility index (Phi) is 6.18. The Hall–Kier alpha value is -1.23. The van der Waals surface area contributed by atoms with Crippen LogP contribution in [-0.4, -0.2) is 25.2 Å². The molecule has 0 bridgehead atoms. The van der Waals surface area contributed by atoms with Gasteiger partial charge in [-0.25, -0.2) is 4.98 Å². The first-order chi connectivity index (χ1) is 9.83. The van der Waals surface area contributed by atoms with E-state index in [0.717, 1.165) is 36.8 Å². The van der Waals surface area contributed by atoms with Crippen molar-refractivity contribution in [2.45, 2.75) is 25.8 Å². The summed E-state index contributed by atoms with van der Waals surface area (Å²) in [4.78, 5) is 4.69. The van der Waals surface area contributed by atoms with Crippen molar-refractivity contribution in [3.05, 3.63) is 52.0 Å². The molecule has 2 aromatic rings. The van der Waals surface area contributed by atoms with Gasteiger partial charge in [0.05, 0.1) is 17.3 Å². The highest BCUT2D eigenvalue weighted by Crippen LogP contribution is 2.19. The second-order valence-electron chi connectivity index (χ2n) is 4.64. The second kappa shape index (κ2) is 8.15. The molecule has 0 amide bonds. The molecule has 0 aliphatic carbocycles. The summed E-state index contributed by atoms with van der Waals surface area (Å²) in [6, 6.07) is 10.8. The standard InChI is InChI=1S/C16H22N2OS/c1-3-19-10-9-16-18-14(12-20-16)11-15(17-2)13-7-5-4-6-8-13/h4-8,12,15,17H,3,9-11H2,1-2H3. The molecule has 1 aromatic carbocycles. The van der Waals surface area contributed by atoms with Crippen LogP contribution in [0.4, 0.5) is 0 Å². The Morgan fingerprint density at radius 1 is 1.30 bits per heavy atom. The van der Waals surface area contributed by atoms with Gasteiger partial charge in [0, 0.05) is 30.9 Å². The highest BCUT2D eigenvalue weighted by molar-refractivity contribution is 7.09. The van der Waals surface area contributed by atoms with Crippen LogP contribution in [0.1, 0.15) is 29.2 Å². The lowest BCUT2D eigenvalue weighted by molar-refractivity contribution is 0.151. The van der Waals surface area contributed by atoms with Crippen molar-refractivity contribution in [1.29, 1.82) is 0 Å². The van der Waals surface area contributed by atoms with E-state index in [-0.39, 0.29) is 0 Å². The fourth-order valence-corrected chi connectivity index (χ4v) is 2.93. The molecular weight excluding hydrogens is 268 g/mol. The topological polar surface area (TPSA) is 34.1 Å². The molecule has 1 atom stereocenters. The van der Waals surface area contributed by atoms with Crippen LogP contribution >= 0.6 is 11.3 Å². The first-order valence-corrected chi connectivity index (χ1v) is 7.94. The van der Waals surface area contributed by atoms with E-state index in [1.807, 2.05) is 20.0 Å². The van der Waals surface area contributed by atoms with Gasteiger partial charge < -0.3 is 10.1 Å². The average molecular weight is 290 g/mol. The molecular formula is C16H22N2OS. The molecule has 0 saturated carbocycles. The van der Waals surface area contributed by atoms with Crippen molar-refractivity contribution in [1.82, 2.24) is 10.3 Å². The highest BCUT2D eigenvalue weighted by atomic mass is 32.1. The Labute approximate surface area is 125 Å². The van der Waals surface area contributed by atoms with E-state index < -0.39 is 0 Å². The van der Waals surface area contributed by atoms with Gasteiger partial charge in [-0.2, -0.15) is 0 Å². The molecule has 0 saturated heterocycles.